The zero-order valence-electron chi connectivity index (χ0n) is 6.73. The molecule has 1 aromatic heterocycles. The number of fused-ring (bicyclic) bond motifs is 1. The molecule has 0 aliphatic heterocycles. The van der Waals surface area contributed by atoms with Gasteiger partial charge >= 0.3 is 5.69 Å². The Kier molecular flexibility index (Phi) is 1.70. The summed E-state index contributed by atoms with van der Waals surface area (Å²) in [5.74, 6) is -2.24. The molecule has 72 valence electrons. The normalized spacial score (nSPS) is 10.7. The fourth-order valence-electron chi connectivity index (χ4n) is 1.16. The second-order valence-corrected chi connectivity index (χ2v) is 2.72. The van der Waals surface area contributed by atoms with Gasteiger partial charge in [-0.1, -0.05) is 0 Å². The van der Waals surface area contributed by atoms with E-state index in [-0.39, 0.29) is 10.9 Å². The second-order valence-electron chi connectivity index (χ2n) is 2.72. The number of hydrogen-bond acceptors (Lipinski definition) is 2. The smallest absolute Gasteiger partial charge is 0.307 e. The van der Waals surface area contributed by atoms with E-state index in [1.165, 1.54) is 0 Å². The molecule has 0 spiro atoms. The summed E-state index contributed by atoms with van der Waals surface area (Å²) >= 11 is 0. The molecule has 2 aromatic rings. The van der Waals surface area contributed by atoms with Crippen molar-refractivity contribution < 1.29 is 8.78 Å². The Morgan fingerprint density at radius 1 is 1.00 bits per heavy atom. The van der Waals surface area contributed by atoms with Crippen LogP contribution in [0.2, 0.25) is 0 Å². The fourth-order valence-corrected chi connectivity index (χ4v) is 1.16. The van der Waals surface area contributed by atoms with Gasteiger partial charge in [0.2, 0.25) is 0 Å². The number of rotatable bonds is 0. The lowest BCUT2D eigenvalue weighted by molar-refractivity contribution is 0.510. The van der Waals surface area contributed by atoms with Crippen molar-refractivity contribution in [2.45, 2.75) is 0 Å². The van der Waals surface area contributed by atoms with Gasteiger partial charge in [-0.2, -0.15) is 0 Å². The number of benzene rings is 1. The van der Waals surface area contributed by atoms with Gasteiger partial charge in [0.1, 0.15) is 0 Å². The lowest BCUT2D eigenvalue weighted by Crippen LogP contribution is -2.22. The van der Waals surface area contributed by atoms with Gasteiger partial charge in [-0.05, 0) is 6.07 Å². The molecule has 0 fully saturated rings. The molecule has 2 N–H and O–H groups in total. The molecule has 0 unspecified atom stereocenters. The van der Waals surface area contributed by atoms with Crippen molar-refractivity contribution in [2.75, 3.05) is 0 Å². The Bertz CT molecular complexity index is 615. The fraction of sp³-hybridized carbons (Fsp3) is 0. The maximum Gasteiger partial charge on any atom is 0.326 e. The van der Waals surface area contributed by atoms with Gasteiger partial charge in [-0.15, -0.1) is 0 Å². The number of nitrogens with one attached hydrogen (secondary N) is 2. The molecule has 1 aromatic carbocycles. The first-order valence-electron chi connectivity index (χ1n) is 3.69. The van der Waals surface area contributed by atoms with Crippen LogP contribution in [0.1, 0.15) is 0 Å². The summed E-state index contributed by atoms with van der Waals surface area (Å²) in [6, 6.07) is 1.50. The monoisotopic (exact) mass is 198 g/mol. The van der Waals surface area contributed by atoms with E-state index in [0.29, 0.717) is 0 Å². The van der Waals surface area contributed by atoms with Crippen LogP contribution in [0.5, 0.6) is 0 Å². The van der Waals surface area contributed by atoms with Crippen molar-refractivity contribution in [1.29, 1.82) is 0 Å². The lowest BCUT2D eigenvalue weighted by Gasteiger charge is -1.97. The number of halogens is 2. The molecule has 1 heterocycles. The molecule has 0 aliphatic rings. The standard InChI is InChI=1S/C8H4F2N2O2/c9-4-1-3-6(2-5(4)10)11-8(14)12-7(3)13/h1-2H,(H2,11,12,13,14). The van der Waals surface area contributed by atoms with Gasteiger partial charge in [-0.3, -0.25) is 9.78 Å². The SMILES string of the molecule is O=c1[nH]c(=O)c2cc(F)c(F)cc2[nH]1. The topological polar surface area (TPSA) is 65.7 Å². The van der Waals surface area contributed by atoms with E-state index in [1.54, 1.807) is 0 Å². The van der Waals surface area contributed by atoms with Gasteiger partial charge in [0, 0.05) is 6.07 Å². The van der Waals surface area contributed by atoms with E-state index in [2.05, 4.69) is 4.98 Å². The van der Waals surface area contributed by atoms with Gasteiger partial charge in [0.05, 0.1) is 10.9 Å². The Labute approximate surface area is 75.2 Å². The Morgan fingerprint density at radius 2 is 1.64 bits per heavy atom. The number of aromatic amines is 2. The number of aromatic nitrogens is 2. The molecule has 0 atom stereocenters. The van der Waals surface area contributed by atoms with Crippen LogP contribution < -0.4 is 11.2 Å². The summed E-state index contributed by atoms with van der Waals surface area (Å²) in [7, 11) is 0. The first-order valence-corrected chi connectivity index (χ1v) is 3.69. The Balaban J connectivity index is 3.03. The summed E-state index contributed by atoms with van der Waals surface area (Å²) in [6.45, 7) is 0. The van der Waals surface area contributed by atoms with Crippen LogP contribution in [0.15, 0.2) is 21.7 Å². The molecule has 0 bridgehead atoms. The molecular formula is C8H4F2N2O2. The first kappa shape index (κ1) is 8.61. The van der Waals surface area contributed by atoms with Crippen LogP contribution in [-0.2, 0) is 0 Å². The first-order chi connectivity index (χ1) is 6.58. The number of hydrogen-bond donors (Lipinski definition) is 2. The van der Waals surface area contributed by atoms with Crippen molar-refractivity contribution in [3.8, 4) is 0 Å². The third kappa shape index (κ3) is 1.20. The van der Waals surface area contributed by atoms with E-state index < -0.39 is 22.9 Å². The van der Waals surface area contributed by atoms with Crippen LogP contribution in [0.25, 0.3) is 10.9 Å². The molecule has 0 aliphatic carbocycles. The summed E-state index contributed by atoms with van der Waals surface area (Å²) in [6.07, 6.45) is 0. The average molecular weight is 198 g/mol. The van der Waals surface area contributed by atoms with Gasteiger partial charge in [0.25, 0.3) is 5.56 Å². The van der Waals surface area contributed by atoms with E-state index in [9.17, 15) is 18.4 Å². The minimum atomic E-state index is -1.13. The summed E-state index contributed by atoms with van der Waals surface area (Å²) in [5, 5.41) is -0.0940. The Hall–Kier alpha value is -1.98. The maximum atomic E-state index is 12.7. The number of H-pyrrole nitrogens is 2. The predicted molar refractivity (Wildman–Crippen MR) is 45.1 cm³/mol. The van der Waals surface area contributed by atoms with Gasteiger partial charge in [-0.25, -0.2) is 13.6 Å². The van der Waals surface area contributed by atoms with Crippen molar-refractivity contribution in [1.82, 2.24) is 9.97 Å². The van der Waals surface area contributed by atoms with Crippen molar-refractivity contribution in [2.24, 2.45) is 0 Å². The zero-order valence-corrected chi connectivity index (χ0v) is 6.73. The van der Waals surface area contributed by atoms with Crippen LogP contribution in [0, 0.1) is 11.6 Å². The van der Waals surface area contributed by atoms with Crippen LogP contribution >= 0.6 is 0 Å². The van der Waals surface area contributed by atoms with E-state index in [4.69, 9.17) is 0 Å². The Morgan fingerprint density at radius 3 is 2.36 bits per heavy atom. The largest absolute Gasteiger partial charge is 0.326 e. The highest BCUT2D eigenvalue weighted by atomic mass is 19.2. The molecule has 0 amide bonds. The minimum Gasteiger partial charge on any atom is -0.307 e. The van der Waals surface area contributed by atoms with Gasteiger partial charge < -0.3 is 4.98 Å². The molecule has 4 nitrogen and oxygen atoms in total. The molecule has 2 rings (SSSR count). The van der Waals surface area contributed by atoms with Crippen molar-refractivity contribution >= 4 is 10.9 Å². The third-order valence-corrected chi connectivity index (χ3v) is 1.78. The molecule has 0 saturated carbocycles. The second kappa shape index (κ2) is 2.76. The predicted octanol–water partition coefficient (Wildman–Crippen LogP) is 0.495. The summed E-state index contributed by atoms with van der Waals surface area (Å²) in [5.41, 5.74) is -1.53. The molecule has 0 saturated heterocycles. The molecule has 0 radical (unpaired) electrons. The lowest BCUT2D eigenvalue weighted by atomic mass is 10.2. The average Bonchev–Trinajstić information content (AvgIpc) is 2.08. The highest BCUT2D eigenvalue weighted by Gasteiger charge is 2.07. The highest BCUT2D eigenvalue weighted by molar-refractivity contribution is 5.77. The quantitative estimate of drug-likeness (QED) is 0.647. The van der Waals surface area contributed by atoms with Crippen molar-refractivity contribution in [3.05, 3.63) is 44.6 Å². The highest BCUT2D eigenvalue weighted by Crippen LogP contribution is 2.11. The van der Waals surface area contributed by atoms with Crippen molar-refractivity contribution in [3.63, 3.8) is 0 Å². The van der Waals surface area contributed by atoms with Crippen LogP contribution in [0.4, 0.5) is 8.78 Å². The summed E-state index contributed by atoms with van der Waals surface area (Å²) in [4.78, 5) is 26.0. The third-order valence-electron chi connectivity index (χ3n) is 1.78. The van der Waals surface area contributed by atoms with Crippen LogP contribution in [-0.4, -0.2) is 9.97 Å². The van der Waals surface area contributed by atoms with Gasteiger partial charge in [0.15, 0.2) is 11.6 Å². The van der Waals surface area contributed by atoms with E-state index in [1.807, 2.05) is 4.98 Å². The molecular weight excluding hydrogens is 194 g/mol. The summed E-state index contributed by atoms with van der Waals surface area (Å²) < 4.78 is 25.4. The van der Waals surface area contributed by atoms with Crippen LogP contribution in [0.3, 0.4) is 0 Å². The van der Waals surface area contributed by atoms with E-state index >= 15 is 0 Å². The van der Waals surface area contributed by atoms with E-state index in [0.717, 1.165) is 12.1 Å². The minimum absolute atomic E-state index is 0.0300. The molecule has 14 heavy (non-hydrogen) atoms. The maximum absolute atomic E-state index is 12.7. The molecule has 6 heteroatoms. The zero-order chi connectivity index (χ0) is 10.3.